The lowest BCUT2D eigenvalue weighted by atomic mass is 9.95. The summed E-state index contributed by atoms with van der Waals surface area (Å²) in [6, 6.07) is 3.67. The molecule has 0 bridgehead atoms. The van der Waals surface area contributed by atoms with Gasteiger partial charge in [0.05, 0.1) is 10.0 Å². The minimum Gasteiger partial charge on any atom is -0.489 e. The molecule has 7 heteroatoms. The first-order valence-corrected chi connectivity index (χ1v) is 9.79. The lowest BCUT2D eigenvalue weighted by Gasteiger charge is -2.22. The number of ether oxygens (including phenoxy) is 1. The fourth-order valence-electron chi connectivity index (χ4n) is 3.98. The molecule has 2 aromatic rings. The summed E-state index contributed by atoms with van der Waals surface area (Å²) in [4.78, 5) is 0. The maximum Gasteiger partial charge on any atom is 0.136 e. The summed E-state index contributed by atoms with van der Waals surface area (Å²) >= 11 is 12.9. The number of piperidine rings is 1. The number of fused-ring (bicyclic) bond motifs is 1. The van der Waals surface area contributed by atoms with Gasteiger partial charge in [0.25, 0.3) is 0 Å². The molecule has 2 aliphatic heterocycles. The van der Waals surface area contributed by atoms with Crippen LogP contribution in [0, 0.1) is 0 Å². The van der Waals surface area contributed by atoms with Gasteiger partial charge in [-0.05, 0) is 38.1 Å². The van der Waals surface area contributed by atoms with Crippen molar-refractivity contribution < 1.29 is 4.74 Å². The Hall–Kier alpha value is -1.56. The number of nitrogens with one attached hydrogen (secondary N) is 1. The van der Waals surface area contributed by atoms with E-state index >= 15 is 0 Å². The zero-order valence-electron chi connectivity index (χ0n) is 14.5. The minimum absolute atomic E-state index is 0.187. The van der Waals surface area contributed by atoms with Crippen molar-refractivity contribution in [3.05, 3.63) is 52.0 Å². The van der Waals surface area contributed by atoms with E-state index in [9.17, 15) is 0 Å². The minimum atomic E-state index is 0.187. The van der Waals surface area contributed by atoms with Gasteiger partial charge < -0.3 is 14.6 Å². The average Bonchev–Trinajstić information content (AvgIpc) is 3.24. The van der Waals surface area contributed by atoms with Crippen LogP contribution >= 0.6 is 23.2 Å². The molecular formula is C19H22Cl2N4O. The second-order valence-corrected chi connectivity index (χ2v) is 7.67. The van der Waals surface area contributed by atoms with E-state index in [1.54, 1.807) is 12.1 Å². The predicted molar refractivity (Wildman–Crippen MR) is 103 cm³/mol. The number of hydrogen-bond acceptors (Lipinski definition) is 4. The van der Waals surface area contributed by atoms with Crippen LogP contribution in [0.1, 0.15) is 41.9 Å². The first-order chi connectivity index (χ1) is 12.7. The van der Waals surface area contributed by atoms with Gasteiger partial charge in [-0.3, -0.25) is 0 Å². The summed E-state index contributed by atoms with van der Waals surface area (Å²) in [6.45, 7) is 7.04. The van der Waals surface area contributed by atoms with E-state index in [0.29, 0.717) is 22.6 Å². The van der Waals surface area contributed by atoms with Crippen molar-refractivity contribution in [1.82, 2.24) is 20.1 Å². The molecule has 26 heavy (non-hydrogen) atoms. The zero-order valence-corrected chi connectivity index (χ0v) is 16.1. The molecule has 0 spiro atoms. The second-order valence-electron chi connectivity index (χ2n) is 6.88. The van der Waals surface area contributed by atoms with Crippen molar-refractivity contribution in [2.75, 3.05) is 19.7 Å². The summed E-state index contributed by atoms with van der Waals surface area (Å²) in [5, 5.41) is 13.5. The maximum atomic E-state index is 6.56. The predicted octanol–water partition coefficient (Wildman–Crippen LogP) is 3.96. The Morgan fingerprint density at radius 1 is 1.23 bits per heavy atom. The third-order valence-electron chi connectivity index (χ3n) is 5.25. The number of rotatable bonds is 5. The molecule has 4 rings (SSSR count). The van der Waals surface area contributed by atoms with E-state index in [0.717, 1.165) is 61.9 Å². The van der Waals surface area contributed by atoms with E-state index in [2.05, 4.69) is 26.7 Å². The Balaban J connectivity index is 1.63. The molecule has 1 aromatic carbocycles. The Bertz CT molecular complexity index is 814. The smallest absolute Gasteiger partial charge is 0.136 e. The fraction of sp³-hybridized carbons (Fsp3) is 0.474. The van der Waals surface area contributed by atoms with Gasteiger partial charge in [0.2, 0.25) is 0 Å². The van der Waals surface area contributed by atoms with Gasteiger partial charge in [0.1, 0.15) is 24.0 Å². The lowest BCUT2D eigenvalue weighted by molar-refractivity contribution is 0.355. The van der Waals surface area contributed by atoms with Gasteiger partial charge in [0, 0.05) is 30.4 Å². The normalized spacial score (nSPS) is 20.2. The molecule has 1 atom stereocenters. The van der Waals surface area contributed by atoms with Crippen LogP contribution in [0.4, 0.5) is 0 Å². The molecule has 0 saturated carbocycles. The van der Waals surface area contributed by atoms with Gasteiger partial charge in [0.15, 0.2) is 0 Å². The second kappa shape index (κ2) is 7.59. The largest absolute Gasteiger partial charge is 0.489 e. The molecule has 5 nitrogen and oxygen atoms in total. The Kier molecular flexibility index (Phi) is 5.20. The number of aromatic nitrogens is 3. The van der Waals surface area contributed by atoms with Crippen molar-refractivity contribution in [3.63, 3.8) is 0 Å². The number of halogens is 2. The van der Waals surface area contributed by atoms with Crippen LogP contribution in [-0.2, 0) is 13.0 Å². The monoisotopic (exact) mass is 392 g/mol. The van der Waals surface area contributed by atoms with Crippen LogP contribution in [0.25, 0.3) is 0 Å². The topological polar surface area (TPSA) is 52.0 Å². The van der Waals surface area contributed by atoms with Crippen molar-refractivity contribution >= 4 is 23.2 Å². The Morgan fingerprint density at radius 3 is 2.81 bits per heavy atom. The molecule has 1 N–H and O–H groups in total. The van der Waals surface area contributed by atoms with Crippen LogP contribution in [0.2, 0.25) is 10.0 Å². The maximum absolute atomic E-state index is 6.56. The Labute approximate surface area is 163 Å². The first kappa shape index (κ1) is 17.8. The highest BCUT2D eigenvalue weighted by atomic mass is 35.5. The van der Waals surface area contributed by atoms with Gasteiger partial charge >= 0.3 is 0 Å². The summed E-state index contributed by atoms with van der Waals surface area (Å²) in [6.07, 6.45) is 4.73. The van der Waals surface area contributed by atoms with Crippen LogP contribution in [0.15, 0.2) is 24.8 Å². The van der Waals surface area contributed by atoms with Crippen molar-refractivity contribution in [3.8, 4) is 5.75 Å². The zero-order chi connectivity index (χ0) is 18.1. The highest BCUT2D eigenvalue weighted by Crippen LogP contribution is 2.43. The number of benzene rings is 1. The van der Waals surface area contributed by atoms with Crippen molar-refractivity contribution in [1.29, 1.82) is 0 Å². The molecule has 0 radical (unpaired) electrons. The van der Waals surface area contributed by atoms with E-state index in [4.69, 9.17) is 27.9 Å². The molecule has 3 heterocycles. The molecule has 1 aromatic heterocycles. The fourth-order valence-corrected chi connectivity index (χ4v) is 4.46. The van der Waals surface area contributed by atoms with Crippen molar-refractivity contribution in [2.24, 2.45) is 0 Å². The Morgan fingerprint density at radius 2 is 2.04 bits per heavy atom. The summed E-state index contributed by atoms with van der Waals surface area (Å²) in [5.74, 6) is 3.56. The molecule has 0 aliphatic carbocycles. The standard InChI is InChI=1S/C19H22Cl2N4O/c1-2-9-26-15-4-3-14(20)18(21)17(15)13-10-16-23-24-19(25(16)11-13)12-5-7-22-8-6-12/h2-4,12-13,22H,1,5-11H2. The molecule has 0 amide bonds. The number of nitrogens with zero attached hydrogens (tertiary/aromatic N) is 3. The summed E-state index contributed by atoms with van der Waals surface area (Å²) < 4.78 is 8.11. The van der Waals surface area contributed by atoms with Gasteiger partial charge in [-0.2, -0.15) is 0 Å². The van der Waals surface area contributed by atoms with Gasteiger partial charge in [-0.1, -0.05) is 35.9 Å². The molecule has 138 valence electrons. The van der Waals surface area contributed by atoms with Crippen LogP contribution in [0.3, 0.4) is 0 Å². The van der Waals surface area contributed by atoms with E-state index in [1.807, 2.05) is 6.07 Å². The molecule has 2 aliphatic rings. The lowest BCUT2D eigenvalue weighted by Crippen LogP contribution is -2.28. The molecule has 1 saturated heterocycles. The molecule has 1 fully saturated rings. The van der Waals surface area contributed by atoms with Crippen molar-refractivity contribution in [2.45, 2.75) is 37.6 Å². The molecular weight excluding hydrogens is 371 g/mol. The number of hydrogen-bond donors (Lipinski definition) is 1. The molecule has 1 unspecified atom stereocenters. The van der Waals surface area contributed by atoms with E-state index < -0.39 is 0 Å². The quantitative estimate of drug-likeness (QED) is 0.782. The van der Waals surface area contributed by atoms with Gasteiger partial charge in [-0.15, -0.1) is 10.2 Å². The summed E-state index contributed by atoms with van der Waals surface area (Å²) in [7, 11) is 0. The SMILES string of the molecule is C=CCOc1ccc(Cl)c(Cl)c1C1Cc2nnc(C3CCNCC3)n2C1. The average molecular weight is 393 g/mol. The summed E-state index contributed by atoms with van der Waals surface area (Å²) in [5.41, 5.74) is 0.961. The van der Waals surface area contributed by atoms with E-state index in [1.165, 1.54) is 0 Å². The third-order valence-corrected chi connectivity index (χ3v) is 6.07. The third kappa shape index (κ3) is 3.24. The van der Waals surface area contributed by atoms with Crippen LogP contribution < -0.4 is 10.1 Å². The van der Waals surface area contributed by atoms with Gasteiger partial charge in [-0.25, -0.2) is 0 Å². The van der Waals surface area contributed by atoms with Crippen LogP contribution in [0.5, 0.6) is 5.75 Å². The van der Waals surface area contributed by atoms with Crippen LogP contribution in [-0.4, -0.2) is 34.5 Å². The first-order valence-electron chi connectivity index (χ1n) is 9.03. The highest BCUT2D eigenvalue weighted by molar-refractivity contribution is 6.42. The highest BCUT2D eigenvalue weighted by Gasteiger charge is 2.33. The van der Waals surface area contributed by atoms with E-state index in [-0.39, 0.29) is 5.92 Å².